The molecule has 1 aromatic rings. The number of halogens is 1. The Morgan fingerprint density at radius 3 is 2.81 bits per heavy atom. The first-order valence-electron chi connectivity index (χ1n) is 4.94. The van der Waals surface area contributed by atoms with Crippen molar-refractivity contribution in [1.29, 1.82) is 0 Å². The van der Waals surface area contributed by atoms with Crippen LogP contribution in [0.2, 0.25) is 0 Å². The number of anilines is 1. The fourth-order valence-electron chi connectivity index (χ4n) is 1.31. The van der Waals surface area contributed by atoms with E-state index in [1.165, 1.54) is 0 Å². The topological polar surface area (TPSA) is 61.4 Å². The number of likely N-dealkylation sites (N-methyl/N-ethyl adjacent to an activating group) is 1. The SMILES string of the molecule is CNC(CNc1cc(Br)ccc1C)C(=O)O. The molecule has 1 atom stereocenters. The lowest BCUT2D eigenvalue weighted by atomic mass is 10.2. The Bertz CT molecular complexity index is 382. The normalized spacial score (nSPS) is 12.2. The summed E-state index contributed by atoms with van der Waals surface area (Å²) in [5.74, 6) is -0.859. The van der Waals surface area contributed by atoms with E-state index in [0.29, 0.717) is 6.54 Å². The summed E-state index contributed by atoms with van der Waals surface area (Å²) in [7, 11) is 1.63. The lowest BCUT2D eigenvalue weighted by molar-refractivity contribution is -0.138. The minimum Gasteiger partial charge on any atom is -0.480 e. The van der Waals surface area contributed by atoms with Crippen LogP contribution < -0.4 is 10.6 Å². The largest absolute Gasteiger partial charge is 0.480 e. The van der Waals surface area contributed by atoms with Gasteiger partial charge in [0.1, 0.15) is 6.04 Å². The molecule has 3 N–H and O–H groups in total. The molecule has 0 fully saturated rings. The number of aryl methyl sites for hydroxylation is 1. The van der Waals surface area contributed by atoms with Crippen molar-refractivity contribution >= 4 is 27.6 Å². The number of nitrogens with one attached hydrogen (secondary N) is 2. The number of rotatable bonds is 5. The van der Waals surface area contributed by atoms with Crippen molar-refractivity contribution in [2.75, 3.05) is 18.9 Å². The molecule has 0 radical (unpaired) electrons. The van der Waals surface area contributed by atoms with Gasteiger partial charge in [-0.3, -0.25) is 4.79 Å². The third kappa shape index (κ3) is 3.50. The van der Waals surface area contributed by atoms with Crippen molar-refractivity contribution in [3.8, 4) is 0 Å². The Labute approximate surface area is 103 Å². The molecule has 1 rings (SSSR count). The van der Waals surface area contributed by atoms with Gasteiger partial charge in [0, 0.05) is 16.7 Å². The van der Waals surface area contributed by atoms with Crippen molar-refractivity contribution in [3.63, 3.8) is 0 Å². The molecule has 5 heteroatoms. The first-order valence-corrected chi connectivity index (χ1v) is 5.74. The van der Waals surface area contributed by atoms with Gasteiger partial charge >= 0.3 is 5.97 Å². The van der Waals surface area contributed by atoms with E-state index in [1.54, 1.807) is 7.05 Å². The molecule has 0 saturated heterocycles. The van der Waals surface area contributed by atoms with Crippen LogP contribution in [0.25, 0.3) is 0 Å². The predicted octanol–water partition coefficient (Wildman–Crippen LogP) is 1.84. The van der Waals surface area contributed by atoms with Gasteiger partial charge in [-0.25, -0.2) is 0 Å². The van der Waals surface area contributed by atoms with Crippen LogP contribution in [-0.4, -0.2) is 30.7 Å². The number of carbonyl (C=O) groups is 1. The molecule has 0 aliphatic heterocycles. The Kier molecular flexibility index (Phi) is 4.76. The molecule has 0 aliphatic carbocycles. The highest BCUT2D eigenvalue weighted by Gasteiger charge is 2.14. The molecular weight excluding hydrogens is 272 g/mol. The smallest absolute Gasteiger partial charge is 0.322 e. The fraction of sp³-hybridized carbons (Fsp3) is 0.364. The summed E-state index contributed by atoms with van der Waals surface area (Å²) >= 11 is 3.38. The summed E-state index contributed by atoms with van der Waals surface area (Å²) in [6, 6.07) is 5.28. The molecule has 1 unspecified atom stereocenters. The number of benzene rings is 1. The summed E-state index contributed by atoms with van der Waals surface area (Å²) in [6.07, 6.45) is 0. The first-order chi connectivity index (χ1) is 7.54. The van der Waals surface area contributed by atoms with Gasteiger partial charge in [0.05, 0.1) is 0 Å². The Morgan fingerprint density at radius 2 is 2.25 bits per heavy atom. The van der Waals surface area contributed by atoms with E-state index in [1.807, 2.05) is 25.1 Å². The standard InChI is InChI=1S/C11H15BrN2O2/c1-7-3-4-8(12)5-9(7)14-6-10(13-2)11(15)16/h3-5,10,13-14H,6H2,1-2H3,(H,15,16). The zero-order valence-electron chi connectivity index (χ0n) is 9.25. The van der Waals surface area contributed by atoms with Gasteiger partial charge in [0.25, 0.3) is 0 Å². The van der Waals surface area contributed by atoms with E-state index in [2.05, 4.69) is 26.6 Å². The molecule has 1 aromatic carbocycles. The van der Waals surface area contributed by atoms with Crippen molar-refractivity contribution in [2.24, 2.45) is 0 Å². The molecular formula is C11H15BrN2O2. The Hall–Kier alpha value is -1.07. The lowest BCUT2D eigenvalue weighted by Crippen LogP contribution is -2.39. The van der Waals surface area contributed by atoms with Crippen molar-refractivity contribution < 1.29 is 9.90 Å². The van der Waals surface area contributed by atoms with Gasteiger partial charge < -0.3 is 15.7 Å². The second kappa shape index (κ2) is 5.86. The number of carboxylic acid groups (broad SMARTS) is 1. The molecule has 88 valence electrons. The molecule has 0 aliphatic rings. The number of aliphatic carboxylic acids is 1. The van der Waals surface area contributed by atoms with Gasteiger partial charge in [0.2, 0.25) is 0 Å². The van der Waals surface area contributed by atoms with E-state index in [-0.39, 0.29) is 0 Å². The Morgan fingerprint density at radius 1 is 1.56 bits per heavy atom. The maximum atomic E-state index is 10.8. The minimum atomic E-state index is -0.859. The second-order valence-electron chi connectivity index (χ2n) is 3.52. The van der Waals surface area contributed by atoms with Crippen LogP contribution in [0.15, 0.2) is 22.7 Å². The van der Waals surface area contributed by atoms with E-state index in [9.17, 15) is 4.79 Å². The van der Waals surface area contributed by atoms with Crippen LogP contribution in [0, 0.1) is 6.92 Å². The summed E-state index contributed by atoms with van der Waals surface area (Å²) in [5, 5.41) is 14.7. The van der Waals surface area contributed by atoms with E-state index in [0.717, 1.165) is 15.7 Å². The molecule has 16 heavy (non-hydrogen) atoms. The molecule has 4 nitrogen and oxygen atoms in total. The van der Waals surface area contributed by atoms with Crippen LogP contribution in [0.3, 0.4) is 0 Å². The van der Waals surface area contributed by atoms with Crippen LogP contribution >= 0.6 is 15.9 Å². The average Bonchev–Trinajstić information content (AvgIpc) is 2.23. The zero-order chi connectivity index (χ0) is 12.1. The third-order valence-electron chi connectivity index (χ3n) is 2.34. The zero-order valence-corrected chi connectivity index (χ0v) is 10.8. The first kappa shape index (κ1) is 13.0. The Balaban J connectivity index is 2.66. The van der Waals surface area contributed by atoms with Crippen molar-refractivity contribution in [2.45, 2.75) is 13.0 Å². The van der Waals surface area contributed by atoms with E-state index in [4.69, 9.17) is 5.11 Å². The maximum absolute atomic E-state index is 10.8. The highest BCUT2D eigenvalue weighted by atomic mass is 79.9. The maximum Gasteiger partial charge on any atom is 0.322 e. The number of hydrogen-bond acceptors (Lipinski definition) is 3. The minimum absolute atomic E-state index is 0.350. The average molecular weight is 287 g/mol. The molecule has 0 amide bonds. The molecule has 0 bridgehead atoms. The lowest BCUT2D eigenvalue weighted by Gasteiger charge is -2.15. The molecule has 0 aromatic heterocycles. The summed E-state index contributed by atoms with van der Waals surface area (Å²) in [6.45, 7) is 2.33. The molecule has 0 spiro atoms. The highest BCUT2D eigenvalue weighted by molar-refractivity contribution is 9.10. The van der Waals surface area contributed by atoms with Crippen LogP contribution in [0.1, 0.15) is 5.56 Å². The number of hydrogen-bond donors (Lipinski definition) is 3. The highest BCUT2D eigenvalue weighted by Crippen LogP contribution is 2.20. The van der Waals surface area contributed by atoms with Crippen molar-refractivity contribution in [3.05, 3.63) is 28.2 Å². The summed E-state index contributed by atoms with van der Waals surface area (Å²) < 4.78 is 0.969. The van der Waals surface area contributed by atoms with Gasteiger partial charge in [-0.05, 0) is 31.7 Å². The summed E-state index contributed by atoms with van der Waals surface area (Å²) in [4.78, 5) is 10.8. The molecule has 0 heterocycles. The van der Waals surface area contributed by atoms with Crippen molar-refractivity contribution in [1.82, 2.24) is 5.32 Å². The van der Waals surface area contributed by atoms with Crippen LogP contribution in [0.4, 0.5) is 5.69 Å². The van der Waals surface area contributed by atoms with E-state index < -0.39 is 12.0 Å². The third-order valence-corrected chi connectivity index (χ3v) is 2.84. The predicted molar refractivity (Wildman–Crippen MR) is 67.9 cm³/mol. The van der Waals surface area contributed by atoms with Gasteiger partial charge in [-0.15, -0.1) is 0 Å². The number of carboxylic acids is 1. The van der Waals surface area contributed by atoms with Crippen LogP contribution in [-0.2, 0) is 4.79 Å². The quantitative estimate of drug-likeness (QED) is 0.773. The monoisotopic (exact) mass is 286 g/mol. The van der Waals surface area contributed by atoms with Gasteiger partial charge in [-0.1, -0.05) is 22.0 Å². The van der Waals surface area contributed by atoms with Crippen LogP contribution in [0.5, 0.6) is 0 Å². The van der Waals surface area contributed by atoms with Gasteiger partial charge in [-0.2, -0.15) is 0 Å². The van der Waals surface area contributed by atoms with Gasteiger partial charge in [0.15, 0.2) is 0 Å². The molecule has 0 saturated carbocycles. The fourth-order valence-corrected chi connectivity index (χ4v) is 1.67. The van der Waals surface area contributed by atoms with E-state index >= 15 is 0 Å². The second-order valence-corrected chi connectivity index (χ2v) is 4.44. The summed E-state index contributed by atoms with van der Waals surface area (Å²) in [5.41, 5.74) is 2.03.